The molecule has 0 radical (unpaired) electrons. The molecule has 1 aromatic carbocycles. The molecule has 1 fully saturated rings. The minimum absolute atomic E-state index is 0.113. The predicted molar refractivity (Wildman–Crippen MR) is 106 cm³/mol. The highest BCUT2D eigenvalue weighted by Gasteiger charge is 2.20. The van der Waals surface area contributed by atoms with Gasteiger partial charge in [0.2, 0.25) is 0 Å². The van der Waals surface area contributed by atoms with Crippen molar-refractivity contribution in [2.75, 3.05) is 18.5 Å². The van der Waals surface area contributed by atoms with E-state index in [2.05, 4.69) is 20.1 Å². The predicted octanol–water partition coefficient (Wildman–Crippen LogP) is 3.19. The highest BCUT2D eigenvalue weighted by atomic mass is 16.5. The lowest BCUT2D eigenvalue weighted by atomic mass is 10.1. The summed E-state index contributed by atoms with van der Waals surface area (Å²) in [4.78, 5) is 12.5. The van der Waals surface area contributed by atoms with Crippen LogP contribution in [0, 0.1) is 0 Å². The number of hydrogen-bond donors (Lipinski definition) is 1. The molecule has 2 atom stereocenters. The Bertz CT molecular complexity index is 814. The van der Waals surface area contributed by atoms with Gasteiger partial charge in [-0.3, -0.25) is 4.79 Å². The zero-order valence-electron chi connectivity index (χ0n) is 16.4. The third-order valence-electron chi connectivity index (χ3n) is 5.42. The van der Waals surface area contributed by atoms with Crippen LogP contribution >= 0.6 is 0 Å². The first-order valence-corrected chi connectivity index (χ1v) is 10.3. The van der Waals surface area contributed by atoms with Crippen molar-refractivity contribution in [3.8, 4) is 11.4 Å². The molecular weight excluding hydrogens is 356 g/mol. The van der Waals surface area contributed by atoms with E-state index < -0.39 is 6.10 Å². The fourth-order valence-electron chi connectivity index (χ4n) is 3.78. The van der Waals surface area contributed by atoms with Gasteiger partial charge in [-0.1, -0.05) is 18.6 Å². The third-order valence-corrected chi connectivity index (χ3v) is 5.42. The van der Waals surface area contributed by atoms with Crippen LogP contribution in [0.5, 0.6) is 0 Å². The lowest BCUT2D eigenvalue weighted by molar-refractivity contribution is -0.128. The fraction of sp³-hybridized carbons (Fsp3) is 0.571. The molecule has 0 spiro atoms. The zero-order valence-corrected chi connectivity index (χ0v) is 16.4. The summed E-state index contributed by atoms with van der Waals surface area (Å²) in [5, 5.41) is 11.7. The minimum Gasteiger partial charge on any atom is -0.376 e. The molecule has 2 unspecified atom stereocenters. The molecule has 2 aromatic rings. The van der Waals surface area contributed by atoms with Gasteiger partial charge in [-0.05, 0) is 44.7 Å². The molecule has 1 amide bonds. The highest BCUT2D eigenvalue weighted by molar-refractivity contribution is 5.94. The van der Waals surface area contributed by atoms with Crippen LogP contribution in [0.4, 0.5) is 5.69 Å². The molecule has 3 heterocycles. The van der Waals surface area contributed by atoms with E-state index in [-0.39, 0.29) is 12.0 Å². The number of carbonyl (C=O) groups excluding carboxylic acids is 1. The van der Waals surface area contributed by atoms with Gasteiger partial charge in [0.05, 0.1) is 12.7 Å². The Morgan fingerprint density at radius 3 is 3.11 bits per heavy atom. The Balaban J connectivity index is 1.41. The number of anilines is 1. The molecule has 28 heavy (non-hydrogen) atoms. The van der Waals surface area contributed by atoms with Gasteiger partial charge in [0.1, 0.15) is 11.9 Å². The van der Waals surface area contributed by atoms with Gasteiger partial charge >= 0.3 is 0 Å². The Morgan fingerprint density at radius 1 is 1.32 bits per heavy atom. The monoisotopic (exact) mass is 384 g/mol. The number of nitrogens with zero attached hydrogens (tertiary/aromatic N) is 3. The molecular formula is C21H28N4O3. The first-order valence-electron chi connectivity index (χ1n) is 10.3. The van der Waals surface area contributed by atoms with E-state index in [1.165, 1.54) is 6.42 Å². The zero-order chi connectivity index (χ0) is 19.3. The average molecular weight is 384 g/mol. The Hall–Kier alpha value is -2.25. The number of benzene rings is 1. The van der Waals surface area contributed by atoms with Crippen molar-refractivity contribution in [3.05, 3.63) is 30.1 Å². The van der Waals surface area contributed by atoms with Crippen molar-refractivity contribution in [1.29, 1.82) is 0 Å². The van der Waals surface area contributed by atoms with Crippen LogP contribution in [0.3, 0.4) is 0 Å². The molecule has 150 valence electrons. The van der Waals surface area contributed by atoms with Crippen molar-refractivity contribution in [2.45, 2.75) is 64.2 Å². The van der Waals surface area contributed by atoms with Crippen LogP contribution in [0.25, 0.3) is 11.4 Å². The van der Waals surface area contributed by atoms with Crippen molar-refractivity contribution >= 4 is 11.6 Å². The molecule has 7 heteroatoms. The van der Waals surface area contributed by atoms with E-state index in [9.17, 15) is 4.79 Å². The number of amides is 1. The van der Waals surface area contributed by atoms with Crippen LogP contribution in [0.2, 0.25) is 0 Å². The number of hydrogen-bond acceptors (Lipinski definition) is 5. The summed E-state index contributed by atoms with van der Waals surface area (Å²) >= 11 is 0. The van der Waals surface area contributed by atoms with Gasteiger partial charge in [0.25, 0.3) is 5.91 Å². The van der Waals surface area contributed by atoms with E-state index in [0.29, 0.717) is 6.61 Å². The van der Waals surface area contributed by atoms with Gasteiger partial charge in [0, 0.05) is 30.8 Å². The number of rotatable bonds is 6. The fourth-order valence-corrected chi connectivity index (χ4v) is 3.78. The Morgan fingerprint density at radius 2 is 2.25 bits per heavy atom. The van der Waals surface area contributed by atoms with Gasteiger partial charge in [-0.2, -0.15) is 0 Å². The number of aryl methyl sites for hydroxylation is 1. The highest BCUT2D eigenvalue weighted by Crippen LogP contribution is 2.25. The van der Waals surface area contributed by atoms with E-state index >= 15 is 0 Å². The number of aromatic nitrogens is 3. The Labute approximate surface area is 165 Å². The first-order chi connectivity index (χ1) is 13.7. The molecule has 2 aliphatic rings. The maximum atomic E-state index is 12.5. The summed E-state index contributed by atoms with van der Waals surface area (Å²) in [5.74, 6) is 1.77. The molecule has 1 N–H and O–H groups in total. The molecule has 0 aliphatic carbocycles. The summed E-state index contributed by atoms with van der Waals surface area (Å²) in [6, 6.07) is 7.77. The maximum absolute atomic E-state index is 12.5. The summed E-state index contributed by atoms with van der Waals surface area (Å²) in [6.45, 7) is 3.96. The lowest BCUT2D eigenvalue weighted by Crippen LogP contribution is -2.30. The van der Waals surface area contributed by atoms with Crippen LogP contribution in [-0.4, -0.2) is 46.1 Å². The second-order valence-electron chi connectivity index (χ2n) is 7.58. The summed E-state index contributed by atoms with van der Waals surface area (Å²) in [5.41, 5.74) is 1.70. The first kappa shape index (κ1) is 19.1. The van der Waals surface area contributed by atoms with E-state index in [1.54, 1.807) is 6.92 Å². The second kappa shape index (κ2) is 8.84. The molecule has 2 aliphatic heterocycles. The van der Waals surface area contributed by atoms with Crippen LogP contribution in [0.15, 0.2) is 24.3 Å². The second-order valence-corrected chi connectivity index (χ2v) is 7.58. The summed E-state index contributed by atoms with van der Waals surface area (Å²) < 4.78 is 13.4. The normalized spacial score (nSPS) is 20.4. The van der Waals surface area contributed by atoms with E-state index in [4.69, 9.17) is 9.47 Å². The molecule has 7 nitrogen and oxygen atoms in total. The summed E-state index contributed by atoms with van der Waals surface area (Å²) in [6.07, 6.45) is 6.16. The third kappa shape index (κ3) is 4.42. The largest absolute Gasteiger partial charge is 0.376 e. The molecule has 4 rings (SSSR count). The molecule has 1 saturated heterocycles. The van der Waals surface area contributed by atoms with Crippen molar-refractivity contribution in [2.24, 2.45) is 0 Å². The van der Waals surface area contributed by atoms with E-state index in [1.807, 2.05) is 24.3 Å². The standard InChI is InChI=1S/C21H28N4O3/c1-15(28-14-18-9-6-12-27-18)21(26)22-17-8-5-7-16(13-17)20-24-23-19-10-3-2-4-11-25(19)20/h5,7-8,13,15,18H,2-4,6,9-12,14H2,1H3,(H,22,26). The number of fused-ring (bicyclic) bond motifs is 1. The van der Waals surface area contributed by atoms with Crippen molar-refractivity contribution in [3.63, 3.8) is 0 Å². The van der Waals surface area contributed by atoms with Crippen molar-refractivity contribution in [1.82, 2.24) is 14.8 Å². The number of ether oxygens (including phenoxy) is 2. The topological polar surface area (TPSA) is 78.3 Å². The smallest absolute Gasteiger partial charge is 0.253 e. The average Bonchev–Trinajstić information content (AvgIpc) is 3.31. The number of nitrogens with one attached hydrogen (secondary N) is 1. The SMILES string of the molecule is CC(OCC1CCCO1)C(=O)Nc1cccc(-c2nnc3n2CCCCC3)c1. The Kier molecular flexibility index (Phi) is 6.02. The quantitative estimate of drug-likeness (QED) is 0.827. The molecule has 1 aromatic heterocycles. The van der Waals surface area contributed by atoms with Gasteiger partial charge < -0.3 is 19.4 Å². The van der Waals surface area contributed by atoms with E-state index in [0.717, 1.165) is 68.2 Å². The van der Waals surface area contributed by atoms with Crippen LogP contribution in [-0.2, 0) is 27.2 Å². The van der Waals surface area contributed by atoms with Gasteiger partial charge in [-0.25, -0.2) is 0 Å². The molecule has 0 bridgehead atoms. The minimum atomic E-state index is -0.530. The number of carbonyl (C=O) groups is 1. The van der Waals surface area contributed by atoms with Crippen molar-refractivity contribution < 1.29 is 14.3 Å². The molecule has 0 saturated carbocycles. The van der Waals surface area contributed by atoms with Gasteiger partial charge in [0.15, 0.2) is 5.82 Å². The lowest BCUT2D eigenvalue weighted by Gasteiger charge is -2.16. The van der Waals surface area contributed by atoms with Crippen LogP contribution in [0.1, 0.15) is 44.9 Å². The maximum Gasteiger partial charge on any atom is 0.253 e. The summed E-state index contributed by atoms with van der Waals surface area (Å²) in [7, 11) is 0. The van der Waals surface area contributed by atoms with Gasteiger partial charge in [-0.15, -0.1) is 10.2 Å². The van der Waals surface area contributed by atoms with Crippen LogP contribution < -0.4 is 5.32 Å².